The largest absolute Gasteiger partial charge is 0.480 e. The molecular formula is C15H15N3O6S. The van der Waals surface area contributed by atoms with E-state index in [1.165, 1.54) is 38.3 Å². The lowest BCUT2D eigenvalue weighted by atomic mass is 9.95. The van der Waals surface area contributed by atoms with Gasteiger partial charge in [0.05, 0.1) is 16.8 Å². The van der Waals surface area contributed by atoms with Gasteiger partial charge in [-0.15, -0.1) is 0 Å². The number of nitrogens with two attached hydrogens (primary N) is 1. The molecule has 1 aromatic heterocycles. The number of fused-ring (bicyclic) bond motifs is 1. The molecule has 2 fully saturated rings. The maximum Gasteiger partial charge on any atom is 0.328 e. The molecular weight excluding hydrogens is 350 g/mol. The predicted molar refractivity (Wildman–Crippen MR) is 85.8 cm³/mol. The highest BCUT2D eigenvalue weighted by Crippen LogP contribution is 2.48. The molecule has 2 amide bonds. The van der Waals surface area contributed by atoms with Gasteiger partial charge in [-0.05, 0) is 32.1 Å². The predicted octanol–water partition coefficient (Wildman–Crippen LogP) is -0.608. The minimum Gasteiger partial charge on any atom is -0.480 e. The van der Waals surface area contributed by atoms with Crippen molar-refractivity contribution >= 4 is 33.7 Å². The molecule has 2 aliphatic heterocycles. The first-order valence-corrected chi connectivity index (χ1v) is 8.81. The molecule has 25 heavy (non-hydrogen) atoms. The highest BCUT2D eigenvalue weighted by molar-refractivity contribution is 7.94. The van der Waals surface area contributed by atoms with Crippen LogP contribution in [0.4, 0.5) is 0 Å². The zero-order valence-electron chi connectivity index (χ0n) is 13.3. The number of hydrogen-bond acceptors (Lipinski definition) is 6. The van der Waals surface area contributed by atoms with Crippen LogP contribution in [0.5, 0.6) is 0 Å². The number of carboxylic acids is 1. The molecule has 0 unspecified atom stereocenters. The molecule has 1 aromatic rings. The standard InChI is InChI=1S/C15H15N3O6S/c1-15(2)10(14(21)22)18-12(20)9(13(18)25(15,23)24)5-8-4-3-7(6-17-8)11(16)19/h3-6,10,13H,1-2H3,(H2,16,19)(H,21,22)/t10-,13+/m0/s1. The Hall–Kier alpha value is -2.75. The van der Waals surface area contributed by atoms with Crippen LogP contribution < -0.4 is 5.73 Å². The van der Waals surface area contributed by atoms with Gasteiger partial charge in [0.15, 0.2) is 21.3 Å². The second-order valence-electron chi connectivity index (χ2n) is 6.39. The van der Waals surface area contributed by atoms with Gasteiger partial charge < -0.3 is 15.7 Å². The summed E-state index contributed by atoms with van der Waals surface area (Å²) in [6.45, 7) is 2.59. The van der Waals surface area contributed by atoms with Crippen LogP contribution in [0.15, 0.2) is 23.9 Å². The molecule has 3 rings (SSSR count). The van der Waals surface area contributed by atoms with Crippen molar-refractivity contribution in [3.8, 4) is 0 Å². The number of carbonyl (C=O) groups is 3. The average Bonchev–Trinajstić information content (AvgIpc) is 2.66. The first kappa shape index (κ1) is 17.1. The van der Waals surface area contributed by atoms with Gasteiger partial charge in [0.2, 0.25) is 5.91 Å². The van der Waals surface area contributed by atoms with Crippen molar-refractivity contribution in [2.24, 2.45) is 5.73 Å². The van der Waals surface area contributed by atoms with Crippen LogP contribution in [0.2, 0.25) is 0 Å². The number of carboxylic acid groups (broad SMARTS) is 1. The topological polar surface area (TPSA) is 148 Å². The third kappa shape index (κ3) is 2.17. The van der Waals surface area contributed by atoms with Gasteiger partial charge >= 0.3 is 5.97 Å². The molecule has 10 heteroatoms. The zero-order valence-corrected chi connectivity index (χ0v) is 14.1. The normalized spacial score (nSPS) is 27.7. The molecule has 132 valence electrons. The molecule has 0 saturated carbocycles. The Labute approximate surface area is 143 Å². The minimum absolute atomic E-state index is 0.0452. The molecule has 0 aliphatic carbocycles. The van der Waals surface area contributed by atoms with Crippen LogP contribution in [-0.2, 0) is 19.4 Å². The van der Waals surface area contributed by atoms with E-state index < -0.39 is 43.8 Å². The van der Waals surface area contributed by atoms with Gasteiger partial charge in [-0.1, -0.05) is 0 Å². The number of primary amides is 1. The Morgan fingerprint density at radius 1 is 1.36 bits per heavy atom. The van der Waals surface area contributed by atoms with E-state index in [9.17, 15) is 27.9 Å². The first-order chi connectivity index (χ1) is 11.5. The molecule has 9 nitrogen and oxygen atoms in total. The maximum atomic E-state index is 12.7. The van der Waals surface area contributed by atoms with E-state index in [1.54, 1.807) is 0 Å². The Morgan fingerprint density at radius 3 is 2.48 bits per heavy atom. The second-order valence-corrected chi connectivity index (χ2v) is 8.98. The number of β-lactam (4-membered cyclic amide) rings is 1. The number of nitrogens with zero attached hydrogens (tertiary/aromatic N) is 2. The van der Waals surface area contributed by atoms with Crippen molar-refractivity contribution in [3.63, 3.8) is 0 Å². The lowest BCUT2D eigenvalue weighted by Gasteiger charge is -2.37. The van der Waals surface area contributed by atoms with E-state index >= 15 is 0 Å². The van der Waals surface area contributed by atoms with E-state index in [1.807, 2.05) is 0 Å². The smallest absolute Gasteiger partial charge is 0.328 e. The third-order valence-corrected chi connectivity index (χ3v) is 7.33. The van der Waals surface area contributed by atoms with Crippen molar-refractivity contribution in [1.82, 2.24) is 9.88 Å². The first-order valence-electron chi connectivity index (χ1n) is 7.26. The van der Waals surface area contributed by atoms with Crippen LogP contribution in [0.1, 0.15) is 29.9 Å². The van der Waals surface area contributed by atoms with Gasteiger partial charge in [-0.25, -0.2) is 13.2 Å². The monoisotopic (exact) mass is 365 g/mol. The van der Waals surface area contributed by atoms with Crippen LogP contribution in [0, 0.1) is 0 Å². The summed E-state index contributed by atoms with van der Waals surface area (Å²) in [5.41, 5.74) is 5.50. The fraction of sp³-hybridized carbons (Fsp3) is 0.333. The SMILES string of the molecule is CC1(C)[C@H](C(=O)O)N2C(=O)C(=Cc3ccc(C(N)=O)cn3)[C@H]2S1(=O)=O. The van der Waals surface area contributed by atoms with E-state index in [2.05, 4.69) is 4.98 Å². The Balaban J connectivity index is 2.03. The Morgan fingerprint density at radius 2 is 2.00 bits per heavy atom. The van der Waals surface area contributed by atoms with Crippen molar-refractivity contribution in [2.45, 2.75) is 30.0 Å². The molecule has 3 heterocycles. The summed E-state index contributed by atoms with van der Waals surface area (Å²) in [5.74, 6) is -2.69. The molecule has 0 bridgehead atoms. The highest BCUT2D eigenvalue weighted by Gasteiger charge is 2.70. The fourth-order valence-corrected chi connectivity index (χ4v) is 5.26. The van der Waals surface area contributed by atoms with Crippen LogP contribution in [0.3, 0.4) is 0 Å². The summed E-state index contributed by atoms with van der Waals surface area (Å²) in [5, 5.41) is 8.03. The number of aliphatic carboxylic acids is 1. The van der Waals surface area contributed by atoms with Gasteiger partial charge in [-0.3, -0.25) is 14.6 Å². The van der Waals surface area contributed by atoms with Crippen molar-refractivity contribution in [2.75, 3.05) is 0 Å². The number of rotatable bonds is 3. The highest BCUT2D eigenvalue weighted by atomic mass is 32.2. The van der Waals surface area contributed by atoms with Crippen molar-refractivity contribution in [3.05, 3.63) is 35.2 Å². The lowest BCUT2D eigenvalue weighted by Crippen LogP contribution is -2.58. The lowest BCUT2D eigenvalue weighted by molar-refractivity contribution is -0.152. The molecule has 0 spiro atoms. The summed E-state index contributed by atoms with van der Waals surface area (Å²) in [7, 11) is -3.93. The molecule has 2 saturated heterocycles. The van der Waals surface area contributed by atoms with E-state index in [4.69, 9.17) is 5.73 Å². The minimum atomic E-state index is -3.93. The summed E-state index contributed by atoms with van der Waals surface area (Å²) in [6.07, 6.45) is 2.49. The number of amides is 2. The fourth-order valence-electron chi connectivity index (χ4n) is 3.14. The number of sulfone groups is 1. The number of hydrogen-bond donors (Lipinski definition) is 2. The average molecular weight is 365 g/mol. The summed E-state index contributed by atoms with van der Waals surface area (Å²) in [6, 6.07) is 1.37. The molecule has 0 aromatic carbocycles. The summed E-state index contributed by atoms with van der Waals surface area (Å²) < 4.78 is 23.8. The molecule has 2 aliphatic rings. The molecule has 3 N–H and O–H groups in total. The van der Waals surface area contributed by atoms with Crippen LogP contribution in [-0.4, -0.2) is 57.4 Å². The maximum absolute atomic E-state index is 12.7. The second kappa shape index (κ2) is 5.12. The van der Waals surface area contributed by atoms with Gasteiger partial charge in [0.25, 0.3) is 5.91 Å². The van der Waals surface area contributed by atoms with Gasteiger partial charge in [0.1, 0.15) is 4.75 Å². The quantitative estimate of drug-likeness (QED) is 0.536. The Kier molecular flexibility index (Phi) is 3.50. The van der Waals surface area contributed by atoms with Crippen molar-refractivity contribution < 1.29 is 27.9 Å². The van der Waals surface area contributed by atoms with Crippen LogP contribution in [0.25, 0.3) is 6.08 Å². The third-order valence-electron chi connectivity index (χ3n) is 4.57. The van der Waals surface area contributed by atoms with Gasteiger partial charge in [-0.2, -0.15) is 0 Å². The Bertz CT molecular complexity index is 933. The number of pyridine rings is 1. The van der Waals surface area contributed by atoms with E-state index in [0.29, 0.717) is 0 Å². The summed E-state index contributed by atoms with van der Waals surface area (Å²) in [4.78, 5) is 39.7. The van der Waals surface area contributed by atoms with E-state index in [-0.39, 0.29) is 16.8 Å². The molecule has 2 atom stereocenters. The number of aromatic nitrogens is 1. The van der Waals surface area contributed by atoms with Crippen molar-refractivity contribution in [1.29, 1.82) is 0 Å². The molecule has 0 radical (unpaired) electrons. The zero-order chi connectivity index (χ0) is 18.7. The van der Waals surface area contributed by atoms with Gasteiger partial charge in [0, 0.05) is 6.20 Å². The van der Waals surface area contributed by atoms with E-state index in [0.717, 1.165) is 4.90 Å². The van der Waals surface area contributed by atoms with Crippen LogP contribution >= 0.6 is 0 Å². The number of carbonyl (C=O) groups excluding carboxylic acids is 2. The summed E-state index contributed by atoms with van der Waals surface area (Å²) >= 11 is 0.